The van der Waals surface area contributed by atoms with Crippen molar-refractivity contribution >= 4 is 23.1 Å². The highest BCUT2D eigenvalue weighted by Crippen LogP contribution is 2.36. The average Bonchev–Trinajstić information content (AvgIpc) is 2.53. The van der Waals surface area contributed by atoms with Gasteiger partial charge in [-0.1, -0.05) is 18.2 Å². The normalized spacial score (nSPS) is 13.7. The van der Waals surface area contributed by atoms with Crippen LogP contribution in [0.5, 0.6) is 0 Å². The third kappa shape index (κ3) is 2.36. The highest BCUT2D eigenvalue weighted by molar-refractivity contribution is 5.72. The Bertz CT molecular complexity index is 690. The van der Waals surface area contributed by atoms with Gasteiger partial charge in [-0.05, 0) is 24.5 Å². The molecular weight excluding hydrogens is 272 g/mol. The number of aromatic nitrogens is 2. The number of nitrogens with zero attached hydrogens (tertiary/aromatic N) is 4. The van der Waals surface area contributed by atoms with E-state index in [-0.39, 0.29) is 17.5 Å². The summed E-state index contributed by atoms with van der Waals surface area (Å²) < 4.78 is 0. The zero-order valence-electron chi connectivity index (χ0n) is 11.2. The van der Waals surface area contributed by atoms with Gasteiger partial charge in [-0.2, -0.15) is 4.98 Å². The van der Waals surface area contributed by atoms with Crippen molar-refractivity contribution in [3.05, 3.63) is 46.1 Å². The minimum atomic E-state index is -0.479. The number of hydrazine groups is 1. The number of benzene rings is 1. The van der Waals surface area contributed by atoms with Gasteiger partial charge in [0.15, 0.2) is 0 Å². The standard InChI is InChI=1S/C13H14N6O2/c14-17-13-15-8-11(19(20)21)12(16-13)18-7-3-5-9-4-1-2-6-10(9)18/h1-2,4,6,8H,3,5,7,14H2,(H,15,16,17). The third-order valence-corrected chi connectivity index (χ3v) is 3.44. The van der Waals surface area contributed by atoms with Crippen molar-refractivity contribution in [2.75, 3.05) is 16.9 Å². The maximum Gasteiger partial charge on any atom is 0.330 e. The molecule has 1 aromatic heterocycles. The molecule has 3 rings (SSSR count). The van der Waals surface area contributed by atoms with Crippen molar-refractivity contribution in [3.63, 3.8) is 0 Å². The highest BCUT2D eigenvalue weighted by Gasteiger charge is 2.27. The Morgan fingerprint density at radius 1 is 1.38 bits per heavy atom. The van der Waals surface area contributed by atoms with Gasteiger partial charge in [-0.3, -0.25) is 15.5 Å². The first-order valence-corrected chi connectivity index (χ1v) is 6.54. The van der Waals surface area contributed by atoms with E-state index in [9.17, 15) is 10.1 Å². The summed E-state index contributed by atoms with van der Waals surface area (Å²) in [7, 11) is 0. The van der Waals surface area contributed by atoms with Gasteiger partial charge in [0.25, 0.3) is 0 Å². The first kappa shape index (κ1) is 13.3. The second kappa shape index (κ2) is 5.33. The third-order valence-electron chi connectivity index (χ3n) is 3.44. The molecule has 3 N–H and O–H groups in total. The van der Waals surface area contributed by atoms with E-state index in [1.807, 2.05) is 29.2 Å². The number of aryl methyl sites for hydroxylation is 1. The number of anilines is 3. The molecule has 0 radical (unpaired) electrons. The lowest BCUT2D eigenvalue weighted by Crippen LogP contribution is -2.26. The van der Waals surface area contributed by atoms with Gasteiger partial charge >= 0.3 is 5.69 Å². The molecule has 0 fully saturated rings. The summed E-state index contributed by atoms with van der Waals surface area (Å²) >= 11 is 0. The molecule has 1 aliphatic heterocycles. The van der Waals surface area contributed by atoms with Crippen LogP contribution in [-0.2, 0) is 6.42 Å². The van der Waals surface area contributed by atoms with Crippen molar-refractivity contribution < 1.29 is 4.92 Å². The summed E-state index contributed by atoms with van der Waals surface area (Å²) in [5.74, 6) is 5.72. The predicted octanol–water partition coefficient (Wildman–Crippen LogP) is 1.75. The maximum atomic E-state index is 11.2. The van der Waals surface area contributed by atoms with Crippen LogP contribution in [0.25, 0.3) is 0 Å². The fourth-order valence-electron chi connectivity index (χ4n) is 2.52. The number of nitrogens with two attached hydrogens (primary N) is 1. The molecule has 0 atom stereocenters. The summed E-state index contributed by atoms with van der Waals surface area (Å²) in [6.45, 7) is 0.666. The quantitative estimate of drug-likeness (QED) is 0.502. The van der Waals surface area contributed by atoms with E-state index in [1.54, 1.807) is 0 Å². The van der Waals surface area contributed by atoms with Gasteiger partial charge in [-0.25, -0.2) is 10.8 Å². The van der Waals surface area contributed by atoms with E-state index >= 15 is 0 Å². The molecule has 0 aliphatic carbocycles. The van der Waals surface area contributed by atoms with Crippen LogP contribution in [0.1, 0.15) is 12.0 Å². The summed E-state index contributed by atoms with van der Waals surface area (Å²) in [6, 6.07) is 7.84. The van der Waals surface area contributed by atoms with Gasteiger partial charge < -0.3 is 4.90 Å². The van der Waals surface area contributed by atoms with Crippen LogP contribution in [0.2, 0.25) is 0 Å². The molecule has 108 valence electrons. The van der Waals surface area contributed by atoms with Crippen LogP contribution in [0.3, 0.4) is 0 Å². The van der Waals surface area contributed by atoms with Crippen molar-refractivity contribution in [2.45, 2.75) is 12.8 Å². The molecule has 21 heavy (non-hydrogen) atoms. The second-order valence-electron chi connectivity index (χ2n) is 4.69. The Morgan fingerprint density at radius 3 is 2.95 bits per heavy atom. The molecule has 8 nitrogen and oxygen atoms in total. The van der Waals surface area contributed by atoms with Crippen LogP contribution < -0.4 is 16.2 Å². The molecule has 0 spiro atoms. The van der Waals surface area contributed by atoms with Crippen LogP contribution >= 0.6 is 0 Å². The molecular formula is C13H14N6O2. The van der Waals surface area contributed by atoms with Gasteiger partial charge in [0.05, 0.1) is 4.92 Å². The van der Waals surface area contributed by atoms with E-state index < -0.39 is 4.92 Å². The van der Waals surface area contributed by atoms with Gasteiger partial charge in [-0.15, -0.1) is 0 Å². The van der Waals surface area contributed by atoms with E-state index in [2.05, 4.69) is 15.4 Å². The Balaban J connectivity index is 2.14. The molecule has 2 heterocycles. The van der Waals surface area contributed by atoms with E-state index in [4.69, 9.17) is 5.84 Å². The number of nitrogen functional groups attached to an aromatic ring is 1. The lowest BCUT2D eigenvalue weighted by Gasteiger charge is -2.29. The Labute approximate surface area is 120 Å². The fourth-order valence-corrected chi connectivity index (χ4v) is 2.52. The largest absolute Gasteiger partial charge is 0.330 e. The number of fused-ring (bicyclic) bond motifs is 1. The van der Waals surface area contributed by atoms with Crippen LogP contribution in [0.15, 0.2) is 30.5 Å². The van der Waals surface area contributed by atoms with Gasteiger partial charge in [0.2, 0.25) is 11.8 Å². The maximum absolute atomic E-state index is 11.2. The Morgan fingerprint density at radius 2 is 2.19 bits per heavy atom. The van der Waals surface area contributed by atoms with Crippen LogP contribution in [0, 0.1) is 10.1 Å². The molecule has 1 aliphatic rings. The number of hydrogen-bond donors (Lipinski definition) is 2. The second-order valence-corrected chi connectivity index (χ2v) is 4.69. The SMILES string of the molecule is NNc1ncc([N+](=O)[O-])c(N2CCCc3ccccc32)n1. The Hall–Kier alpha value is -2.74. The number of rotatable bonds is 3. The average molecular weight is 286 g/mol. The smallest absolute Gasteiger partial charge is 0.320 e. The molecule has 0 saturated carbocycles. The number of nitrogens with one attached hydrogen (secondary N) is 1. The molecule has 0 bridgehead atoms. The monoisotopic (exact) mass is 286 g/mol. The molecule has 0 unspecified atom stereocenters. The first-order chi connectivity index (χ1) is 10.2. The molecule has 1 aromatic carbocycles. The van der Waals surface area contributed by atoms with E-state index in [1.165, 1.54) is 6.20 Å². The van der Waals surface area contributed by atoms with Crippen LogP contribution in [0.4, 0.5) is 23.1 Å². The first-order valence-electron chi connectivity index (χ1n) is 6.54. The van der Waals surface area contributed by atoms with Gasteiger partial charge in [0.1, 0.15) is 6.20 Å². The number of para-hydroxylation sites is 1. The van der Waals surface area contributed by atoms with Crippen molar-refractivity contribution in [1.29, 1.82) is 0 Å². The predicted molar refractivity (Wildman–Crippen MR) is 78.3 cm³/mol. The van der Waals surface area contributed by atoms with Crippen LogP contribution in [-0.4, -0.2) is 21.4 Å². The molecule has 2 aromatic rings. The summed E-state index contributed by atoms with van der Waals surface area (Å²) in [4.78, 5) is 20.6. The summed E-state index contributed by atoms with van der Waals surface area (Å²) in [5, 5.41) is 11.2. The minimum absolute atomic E-state index is 0.134. The highest BCUT2D eigenvalue weighted by atomic mass is 16.6. The number of nitro groups is 1. The number of hydrogen-bond acceptors (Lipinski definition) is 7. The molecule has 0 saturated heterocycles. The zero-order valence-corrected chi connectivity index (χ0v) is 11.2. The van der Waals surface area contributed by atoms with E-state index in [0.29, 0.717) is 6.54 Å². The van der Waals surface area contributed by atoms with Crippen molar-refractivity contribution in [3.8, 4) is 0 Å². The summed E-state index contributed by atoms with van der Waals surface area (Å²) in [6.07, 6.45) is 3.03. The lowest BCUT2D eigenvalue weighted by atomic mass is 10.0. The lowest BCUT2D eigenvalue weighted by molar-refractivity contribution is -0.384. The minimum Gasteiger partial charge on any atom is -0.320 e. The molecule has 0 amide bonds. The molecule has 8 heteroatoms. The summed E-state index contributed by atoms with van der Waals surface area (Å²) in [5.41, 5.74) is 4.28. The van der Waals surface area contributed by atoms with Crippen molar-refractivity contribution in [1.82, 2.24) is 9.97 Å². The van der Waals surface area contributed by atoms with Crippen molar-refractivity contribution in [2.24, 2.45) is 5.84 Å². The zero-order chi connectivity index (χ0) is 14.8. The van der Waals surface area contributed by atoms with Gasteiger partial charge in [0, 0.05) is 12.2 Å². The topological polar surface area (TPSA) is 110 Å². The van der Waals surface area contributed by atoms with E-state index in [0.717, 1.165) is 24.1 Å². The Kier molecular flexibility index (Phi) is 3.36. The fraction of sp³-hybridized carbons (Fsp3) is 0.231.